The molecule has 4 heteroatoms. The fourth-order valence-corrected chi connectivity index (χ4v) is 2.16. The van der Waals surface area contributed by atoms with Crippen LogP contribution < -0.4 is 10.1 Å². The zero-order valence-electron chi connectivity index (χ0n) is 9.05. The molecule has 0 radical (unpaired) electrons. The summed E-state index contributed by atoms with van der Waals surface area (Å²) in [6.45, 7) is 1.95. The SMILES string of the molecule is COc1ccc(CNCCSC)cc1Br. The van der Waals surface area contributed by atoms with Gasteiger partial charge >= 0.3 is 0 Å². The van der Waals surface area contributed by atoms with E-state index in [2.05, 4.69) is 39.6 Å². The molecule has 0 aliphatic heterocycles. The van der Waals surface area contributed by atoms with Gasteiger partial charge in [0.2, 0.25) is 0 Å². The van der Waals surface area contributed by atoms with Crippen LogP contribution in [0.1, 0.15) is 5.56 Å². The molecule has 0 aliphatic rings. The number of ether oxygens (including phenoxy) is 1. The molecule has 0 unspecified atom stereocenters. The van der Waals surface area contributed by atoms with Gasteiger partial charge in [-0.05, 0) is 39.9 Å². The summed E-state index contributed by atoms with van der Waals surface area (Å²) in [5, 5.41) is 3.38. The molecule has 1 rings (SSSR count). The summed E-state index contributed by atoms with van der Waals surface area (Å²) in [5.41, 5.74) is 1.27. The number of benzene rings is 1. The molecule has 1 N–H and O–H groups in total. The van der Waals surface area contributed by atoms with E-state index >= 15 is 0 Å². The molecule has 0 heterocycles. The van der Waals surface area contributed by atoms with Crippen LogP contribution in [0.5, 0.6) is 5.75 Å². The lowest BCUT2D eigenvalue weighted by Crippen LogP contribution is -2.16. The van der Waals surface area contributed by atoms with Crippen molar-refractivity contribution in [3.63, 3.8) is 0 Å². The van der Waals surface area contributed by atoms with Gasteiger partial charge in [-0.15, -0.1) is 0 Å². The maximum Gasteiger partial charge on any atom is 0.133 e. The maximum atomic E-state index is 5.17. The van der Waals surface area contributed by atoms with Crippen molar-refractivity contribution in [1.82, 2.24) is 5.32 Å². The van der Waals surface area contributed by atoms with Gasteiger partial charge in [0.25, 0.3) is 0 Å². The molecule has 0 saturated heterocycles. The van der Waals surface area contributed by atoms with E-state index < -0.39 is 0 Å². The molecule has 2 nitrogen and oxygen atoms in total. The quantitative estimate of drug-likeness (QED) is 0.814. The minimum atomic E-state index is 0.878. The van der Waals surface area contributed by atoms with E-state index in [1.165, 1.54) is 5.56 Å². The first kappa shape index (κ1) is 12.9. The zero-order valence-corrected chi connectivity index (χ0v) is 11.5. The largest absolute Gasteiger partial charge is 0.496 e. The van der Waals surface area contributed by atoms with Crippen molar-refractivity contribution in [3.8, 4) is 5.75 Å². The van der Waals surface area contributed by atoms with Gasteiger partial charge in [-0.25, -0.2) is 0 Å². The van der Waals surface area contributed by atoms with Crippen molar-refractivity contribution < 1.29 is 4.74 Å². The van der Waals surface area contributed by atoms with Crippen LogP contribution in [0.4, 0.5) is 0 Å². The Morgan fingerprint density at radius 2 is 2.27 bits per heavy atom. The number of methoxy groups -OCH3 is 1. The second-order valence-corrected chi connectivity index (χ2v) is 4.98. The van der Waals surface area contributed by atoms with E-state index in [1.807, 2.05) is 17.8 Å². The van der Waals surface area contributed by atoms with Crippen molar-refractivity contribution >= 4 is 27.7 Å². The normalized spacial score (nSPS) is 10.3. The first-order valence-corrected chi connectivity index (χ1v) is 6.98. The van der Waals surface area contributed by atoms with Gasteiger partial charge in [-0.2, -0.15) is 11.8 Å². The lowest BCUT2D eigenvalue weighted by atomic mass is 10.2. The summed E-state index contributed by atoms with van der Waals surface area (Å²) in [5.74, 6) is 2.03. The van der Waals surface area contributed by atoms with Gasteiger partial charge in [0.05, 0.1) is 11.6 Å². The standard InChI is InChI=1S/C11H16BrNOS/c1-14-11-4-3-9(7-10(11)12)8-13-5-6-15-2/h3-4,7,13H,5-6,8H2,1-2H3. The monoisotopic (exact) mass is 289 g/mol. The molecule has 0 aliphatic carbocycles. The number of rotatable bonds is 6. The van der Waals surface area contributed by atoms with Crippen molar-refractivity contribution in [2.75, 3.05) is 25.7 Å². The van der Waals surface area contributed by atoms with Gasteiger partial charge in [-0.3, -0.25) is 0 Å². The van der Waals surface area contributed by atoms with E-state index in [4.69, 9.17) is 4.74 Å². The Morgan fingerprint density at radius 3 is 2.87 bits per heavy atom. The van der Waals surface area contributed by atoms with E-state index in [9.17, 15) is 0 Å². The van der Waals surface area contributed by atoms with E-state index in [0.717, 1.165) is 29.1 Å². The number of thioether (sulfide) groups is 1. The smallest absolute Gasteiger partial charge is 0.133 e. The van der Waals surface area contributed by atoms with Crippen LogP contribution in [-0.4, -0.2) is 25.7 Å². The van der Waals surface area contributed by atoms with Crippen LogP contribution in [0, 0.1) is 0 Å². The van der Waals surface area contributed by atoms with Crippen LogP contribution in [0.3, 0.4) is 0 Å². The number of halogens is 1. The fourth-order valence-electron chi connectivity index (χ4n) is 1.23. The highest BCUT2D eigenvalue weighted by Crippen LogP contribution is 2.25. The Labute approximate surface area is 104 Å². The van der Waals surface area contributed by atoms with Crippen molar-refractivity contribution in [1.29, 1.82) is 0 Å². The van der Waals surface area contributed by atoms with Crippen molar-refractivity contribution in [3.05, 3.63) is 28.2 Å². The predicted octanol–water partition coefficient (Wildman–Crippen LogP) is 2.91. The van der Waals surface area contributed by atoms with E-state index in [0.29, 0.717) is 0 Å². The summed E-state index contributed by atoms with van der Waals surface area (Å²) in [4.78, 5) is 0. The molecule has 84 valence electrons. The second kappa shape index (κ2) is 7.14. The van der Waals surface area contributed by atoms with E-state index in [-0.39, 0.29) is 0 Å². The predicted molar refractivity (Wildman–Crippen MR) is 70.8 cm³/mol. The third-order valence-electron chi connectivity index (χ3n) is 2.03. The Bertz CT molecular complexity index is 307. The molecule has 15 heavy (non-hydrogen) atoms. The first-order chi connectivity index (χ1) is 7.27. The highest BCUT2D eigenvalue weighted by molar-refractivity contribution is 9.10. The highest BCUT2D eigenvalue weighted by atomic mass is 79.9. The Balaban J connectivity index is 2.45. The maximum absolute atomic E-state index is 5.17. The van der Waals surface area contributed by atoms with Gasteiger partial charge in [0.15, 0.2) is 0 Å². The molecule has 1 aromatic rings. The summed E-state index contributed by atoms with van der Waals surface area (Å²) in [7, 11) is 1.68. The third kappa shape index (κ3) is 4.45. The molecule has 0 saturated carbocycles. The molecule has 0 bridgehead atoms. The second-order valence-electron chi connectivity index (χ2n) is 3.14. The lowest BCUT2D eigenvalue weighted by molar-refractivity contribution is 0.412. The molecular weight excluding hydrogens is 274 g/mol. The van der Waals surface area contributed by atoms with E-state index in [1.54, 1.807) is 7.11 Å². The summed E-state index contributed by atoms with van der Waals surface area (Å²) in [6, 6.07) is 6.15. The van der Waals surface area contributed by atoms with Gasteiger partial charge in [0.1, 0.15) is 5.75 Å². The molecule has 0 amide bonds. The Kier molecular flexibility index (Phi) is 6.13. The summed E-state index contributed by atoms with van der Waals surface area (Å²) < 4.78 is 6.18. The highest BCUT2D eigenvalue weighted by Gasteiger charge is 2.00. The minimum absolute atomic E-state index is 0.878. The third-order valence-corrected chi connectivity index (χ3v) is 3.26. The van der Waals surface area contributed by atoms with Crippen LogP contribution in [0.15, 0.2) is 22.7 Å². The van der Waals surface area contributed by atoms with Gasteiger partial charge in [-0.1, -0.05) is 6.07 Å². The summed E-state index contributed by atoms with van der Waals surface area (Å²) in [6.07, 6.45) is 2.12. The zero-order chi connectivity index (χ0) is 11.1. The van der Waals surface area contributed by atoms with Crippen molar-refractivity contribution in [2.24, 2.45) is 0 Å². The molecule has 0 aromatic heterocycles. The molecule has 0 spiro atoms. The molecule has 1 aromatic carbocycles. The van der Waals surface area contributed by atoms with Crippen LogP contribution in [0.2, 0.25) is 0 Å². The fraction of sp³-hybridized carbons (Fsp3) is 0.455. The van der Waals surface area contributed by atoms with Gasteiger partial charge < -0.3 is 10.1 Å². The number of hydrogen-bond acceptors (Lipinski definition) is 3. The molecule has 0 atom stereocenters. The van der Waals surface area contributed by atoms with Gasteiger partial charge in [0, 0.05) is 18.8 Å². The topological polar surface area (TPSA) is 21.3 Å². The lowest BCUT2D eigenvalue weighted by Gasteiger charge is -2.07. The van der Waals surface area contributed by atoms with Crippen LogP contribution in [-0.2, 0) is 6.54 Å². The van der Waals surface area contributed by atoms with Crippen LogP contribution >= 0.6 is 27.7 Å². The first-order valence-electron chi connectivity index (χ1n) is 4.80. The number of nitrogens with one attached hydrogen (secondary N) is 1. The molecular formula is C11H16BrNOS. The minimum Gasteiger partial charge on any atom is -0.496 e. The number of hydrogen-bond donors (Lipinski definition) is 1. The Morgan fingerprint density at radius 1 is 1.47 bits per heavy atom. The summed E-state index contributed by atoms with van der Waals surface area (Å²) >= 11 is 5.33. The Hall–Kier alpha value is -0.190. The average Bonchev–Trinajstić information content (AvgIpc) is 2.25. The van der Waals surface area contributed by atoms with Crippen LogP contribution in [0.25, 0.3) is 0 Å². The average molecular weight is 290 g/mol. The molecule has 0 fully saturated rings. The van der Waals surface area contributed by atoms with Crippen molar-refractivity contribution in [2.45, 2.75) is 6.54 Å².